The SMILES string of the molecule is CCc1ccc(CC(C)(N)c2ccc(Br)cc2Cl)nc1. The van der Waals surface area contributed by atoms with Gasteiger partial charge in [-0.25, -0.2) is 0 Å². The Bertz CT molecular complexity index is 594. The molecule has 0 radical (unpaired) electrons. The Labute approximate surface area is 133 Å². The summed E-state index contributed by atoms with van der Waals surface area (Å²) in [5, 5.41) is 0.676. The zero-order valence-electron chi connectivity index (χ0n) is 11.7. The van der Waals surface area contributed by atoms with Crippen LogP contribution in [0.4, 0.5) is 0 Å². The molecule has 0 aliphatic carbocycles. The Kier molecular flexibility index (Phi) is 4.84. The largest absolute Gasteiger partial charge is 0.321 e. The summed E-state index contributed by atoms with van der Waals surface area (Å²) in [6.07, 6.45) is 3.55. The maximum absolute atomic E-state index is 6.45. The van der Waals surface area contributed by atoms with Crippen molar-refractivity contribution in [1.82, 2.24) is 4.98 Å². The zero-order chi connectivity index (χ0) is 14.8. The quantitative estimate of drug-likeness (QED) is 0.880. The second-order valence-corrected chi connectivity index (χ2v) is 6.55. The van der Waals surface area contributed by atoms with Gasteiger partial charge < -0.3 is 5.73 Å². The molecule has 2 aromatic rings. The predicted molar refractivity (Wildman–Crippen MR) is 88.0 cm³/mol. The van der Waals surface area contributed by atoms with Crippen LogP contribution in [0.1, 0.15) is 30.7 Å². The first-order chi connectivity index (χ1) is 9.42. The smallest absolute Gasteiger partial charge is 0.0467 e. The number of nitrogens with two attached hydrogens (primary N) is 1. The Morgan fingerprint density at radius 3 is 2.60 bits per heavy atom. The van der Waals surface area contributed by atoms with Crippen molar-refractivity contribution in [2.45, 2.75) is 32.2 Å². The number of pyridine rings is 1. The Morgan fingerprint density at radius 2 is 2.05 bits per heavy atom. The van der Waals surface area contributed by atoms with E-state index in [9.17, 15) is 0 Å². The maximum Gasteiger partial charge on any atom is 0.0467 e. The van der Waals surface area contributed by atoms with E-state index in [0.717, 1.165) is 22.2 Å². The van der Waals surface area contributed by atoms with Gasteiger partial charge in [0.25, 0.3) is 0 Å². The number of hydrogen-bond acceptors (Lipinski definition) is 2. The highest BCUT2D eigenvalue weighted by Gasteiger charge is 2.25. The van der Waals surface area contributed by atoms with Crippen molar-refractivity contribution >= 4 is 27.5 Å². The van der Waals surface area contributed by atoms with Crippen LogP contribution in [0.15, 0.2) is 41.0 Å². The number of benzene rings is 1. The minimum Gasteiger partial charge on any atom is -0.321 e. The third-order valence-electron chi connectivity index (χ3n) is 3.39. The van der Waals surface area contributed by atoms with Gasteiger partial charge in [0.05, 0.1) is 0 Å². The molecule has 0 aliphatic rings. The molecule has 20 heavy (non-hydrogen) atoms. The molecule has 2 nitrogen and oxygen atoms in total. The Balaban J connectivity index is 2.25. The lowest BCUT2D eigenvalue weighted by Crippen LogP contribution is -2.36. The molecular weight excluding hydrogens is 336 g/mol. The van der Waals surface area contributed by atoms with Gasteiger partial charge in [-0.1, -0.05) is 46.6 Å². The number of hydrogen-bond donors (Lipinski definition) is 1. The molecule has 1 aromatic carbocycles. The average molecular weight is 354 g/mol. The second-order valence-electron chi connectivity index (χ2n) is 5.23. The Morgan fingerprint density at radius 1 is 1.30 bits per heavy atom. The molecule has 0 fully saturated rings. The summed E-state index contributed by atoms with van der Waals surface area (Å²) in [5.74, 6) is 0. The number of nitrogens with zero attached hydrogens (tertiary/aromatic N) is 1. The Hall–Kier alpha value is -0.900. The number of aromatic nitrogens is 1. The molecule has 1 unspecified atom stereocenters. The monoisotopic (exact) mass is 352 g/mol. The van der Waals surface area contributed by atoms with Gasteiger partial charge in [-0.3, -0.25) is 4.98 Å². The molecule has 106 valence electrons. The van der Waals surface area contributed by atoms with Crippen molar-refractivity contribution in [2.75, 3.05) is 0 Å². The number of aryl methyl sites for hydroxylation is 1. The van der Waals surface area contributed by atoms with E-state index in [1.54, 1.807) is 0 Å². The van der Waals surface area contributed by atoms with Gasteiger partial charge in [0.15, 0.2) is 0 Å². The molecule has 1 heterocycles. The lowest BCUT2D eigenvalue weighted by Gasteiger charge is -2.26. The lowest BCUT2D eigenvalue weighted by atomic mass is 9.88. The standard InChI is InChI=1S/C16H18BrClN2/c1-3-11-4-6-13(20-10-11)9-16(2,19)14-7-5-12(17)8-15(14)18/h4-8,10H,3,9,19H2,1-2H3. The summed E-state index contributed by atoms with van der Waals surface area (Å²) >= 11 is 9.71. The van der Waals surface area contributed by atoms with Crippen molar-refractivity contribution < 1.29 is 0 Å². The van der Waals surface area contributed by atoms with Gasteiger partial charge >= 0.3 is 0 Å². The van der Waals surface area contributed by atoms with Crippen LogP contribution in [0.5, 0.6) is 0 Å². The average Bonchev–Trinajstić information content (AvgIpc) is 2.38. The van der Waals surface area contributed by atoms with E-state index in [4.69, 9.17) is 17.3 Å². The minimum atomic E-state index is -0.543. The summed E-state index contributed by atoms with van der Waals surface area (Å²) in [4.78, 5) is 4.48. The van der Waals surface area contributed by atoms with E-state index in [0.29, 0.717) is 11.4 Å². The van der Waals surface area contributed by atoms with Crippen molar-refractivity contribution in [3.8, 4) is 0 Å². The van der Waals surface area contributed by atoms with Crippen molar-refractivity contribution in [3.05, 3.63) is 62.8 Å². The van der Waals surface area contributed by atoms with Gasteiger partial charge in [0.2, 0.25) is 0 Å². The third-order valence-corrected chi connectivity index (χ3v) is 4.19. The third kappa shape index (κ3) is 3.60. The molecule has 0 bridgehead atoms. The fraction of sp³-hybridized carbons (Fsp3) is 0.312. The number of halogens is 2. The van der Waals surface area contributed by atoms with E-state index in [1.807, 2.05) is 37.4 Å². The molecule has 0 spiro atoms. The molecule has 0 amide bonds. The van der Waals surface area contributed by atoms with Crippen LogP contribution in [0, 0.1) is 0 Å². The van der Waals surface area contributed by atoms with Crippen LogP contribution >= 0.6 is 27.5 Å². The number of rotatable bonds is 4. The van der Waals surface area contributed by atoms with Crippen LogP contribution in [-0.2, 0) is 18.4 Å². The highest BCUT2D eigenvalue weighted by Crippen LogP contribution is 2.30. The van der Waals surface area contributed by atoms with Gasteiger partial charge in [-0.15, -0.1) is 0 Å². The fourth-order valence-electron chi connectivity index (χ4n) is 2.19. The molecule has 1 aromatic heterocycles. The first-order valence-corrected chi connectivity index (χ1v) is 7.77. The van der Waals surface area contributed by atoms with E-state index < -0.39 is 5.54 Å². The van der Waals surface area contributed by atoms with Crippen LogP contribution in [0.2, 0.25) is 5.02 Å². The van der Waals surface area contributed by atoms with Crippen LogP contribution in [0.25, 0.3) is 0 Å². The van der Waals surface area contributed by atoms with E-state index in [-0.39, 0.29) is 0 Å². The first kappa shape index (κ1) is 15.5. The molecular formula is C16H18BrClN2. The molecule has 0 saturated heterocycles. The van der Waals surface area contributed by atoms with Gasteiger partial charge in [-0.2, -0.15) is 0 Å². The predicted octanol–water partition coefficient (Wildman–Crippen LogP) is 4.48. The fourth-order valence-corrected chi connectivity index (χ4v) is 3.08. The normalized spacial score (nSPS) is 14.1. The van der Waals surface area contributed by atoms with Crippen molar-refractivity contribution in [3.63, 3.8) is 0 Å². The van der Waals surface area contributed by atoms with E-state index in [2.05, 4.69) is 33.9 Å². The second kappa shape index (κ2) is 6.25. The molecule has 4 heteroatoms. The summed E-state index contributed by atoms with van der Waals surface area (Å²) in [6.45, 7) is 4.10. The highest BCUT2D eigenvalue weighted by molar-refractivity contribution is 9.10. The van der Waals surface area contributed by atoms with Crippen LogP contribution in [0.3, 0.4) is 0 Å². The van der Waals surface area contributed by atoms with Crippen LogP contribution in [-0.4, -0.2) is 4.98 Å². The molecule has 0 saturated carbocycles. The molecule has 2 rings (SSSR count). The molecule has 1 atom stereocenters. The first-order valence-electron chi connectivity index (χ1n) is 6.60. The van der Waals surface area contributed by atoms with Gasteiger partial charge in [0.1, 0.15) is 0 Å². The van der Waals surface area contributed by atoms with E-state index >= 15 is 0 Å². The summed E-state index contributed by atoms with van der Waals surface area (Å²) in [7, 11) is 0. The van der Waals surface area contributed by atoms with Crippen molar-refractivity contribution in [2.24, 2.45) is 5.73 Å². The molecule has 0 aliphatic heterocycles. The maximum atomic E-state index is 6.45. The minimum absolute atomic E-state index is 0.543. The van der Waals surface area contributed by atoms with E-state index in [1.165, 1.54) is 5.56 Å². The molecule has 2 N–H and O–H groups in total. The highest BCUT2D eigenvalue weighted by atomic mass is 79.9. The van der Waals surface area contributed by atoms with Crippen molar-refractivity contribution in [1.29, 1.82) is 0 Å². The van der Waals surface area contributed by atoms with Gasteiger partial charge in [-0.05, 0) is 42.7 Å². The topological polar surface area (TPSA) is 38.9 Å². The summed E-state index contributed by atoms with van der Waals surface area (Å²) < 4.78 is 0.951. The summed E-state index contributed by atoms with van der Waals surface area (Å²) in [6, 6.07) is 9.93. The lowest BCUT2D eigenvalue weighted by molar-refractivity contribution is 0.485. The van der Waals surface area contributed by atoms with Crippen LogP contribution < -0.4 is 5.73 Å². The summed E-state index contributed by atoms with van der Waals surface area (Å²) in [5.41, 5.74) is 9.05. The van der Waals surface area contributed by atoms with Gasteiger partial charge in [0, 0.05) is 33.3 Å². The zero-order valence-corrected chi connectivity index (χ0v) is 14.0.